The van der Waals surface area contributed by atoms with Crippen molar-refractivity contribution in [3.05, 3.63) is 53.2 Å². The highest BCUT2D eigenvalue weighted by molar-refractivity contribution is 8.13. The maximum atomic E-state index is 9.55. The van der Waals surface area contributed by atoms with Gasteiger partial charge in [-0.15, -0.1) is 11.8 Å². The van der Waals surface area contributed by atoms with Crippen molar-refractivity contribution >= 4 is 16.8 Å². The summed E-state index contributed by atoms with van der Waals surface area (Å²) in [6, 6.07) is 2.09. The molecule has 106 valence electrons. The highest BCUT2D eigenvalue weighted by atomic mass is 32.2. The number of aromatic nitrogens is 1. The van der Waals surface area contributed by atoms with Gasteiger partial charge in [-0.1, -0.05) is 6.92 Å². The molecule has 0 saturated heterocycles. The van der Waals surface area contributed by atoms with Crippen LogP contribution in [-0.4, -0.2) is 15.1 Å². The number of aliphatic hydroxyl groups excluding tert-OH is 1. The molecule has 0 bridgehead atoms. The molecule has 1 aliphatic rings. The van der Waals surface area contributed by atoms with E-state index in [2.05, 4.69) is 23.0 Å². The summed E-state index contributed by atoms with van der Waals surface area (Å²) >= 11 is 1.78. The molecule has 20 heavy (non-hydrogen) atoms. The molecule has 0 spiro atoms. The second-order valence-corrected chi connectivity index (χ2v) is 5.79. The largest absolute Gasteiger partial charge is 0.508 e. The Morgan fingerprint density at radius 2 is 2.20 bits per heavy atom. The Morgan fingerprint density at radius 3 is 3.00 bits per heavy atom. The number of hydrogen-bond acceptors (Lipinski definition) is 4. The molecule has 0 unspecified atom stereocenters. The summed E-state index contributed by atoms with van der Waals surface area (Å²) in [5.74, 6) is 1.24. The van der Waals surface area contributed by atoms with Gasteiger partial charge in [-0.25, -0.2) is 0 Å². The molecule has 0 fully saturated rings. The van der Waals surface area contributed by atoms with Crippen LogP contribution in [0, 0.1) is 0 Å². The van der Waals surface area contributed by atoms with Gasteiger partial charge in [-0.05, 0) is 49.5 Å². The number of allylic oxidation sites excluding steroid dienone is 3. The van der Waals surface area contributed by atoms with Crippen LogP contribution in [0.5, 0.6) is 0 Å². The fourth-order valence-electron chi connectivity index (χ4n) is 2.08. The average Bonchev–Trinajstić information content (AvgIpc) is 2.42. The van der Waals surface area contributed by atoms with E-state index in [-0.39, 0.29) is 0 Å². The van der Waals surface area contributed by atoms with Crippen LogP contribution >= 0.6 is 11.8 Å². The predicted octanol–water partition coefficient (Wildman–Crippen LogP) is 4.42. The van der Waals surface area contributed by atoms with Gasteiger partial charge in [0.15, 0.2) is 0 Å². The van der Waals surface area contributed by atoms with Gasteiger partial charge in [0.2, 0.25) is 0 Å². The lowest BCUT2D eigenvalue weighted by Crippen LogP contribution is -1.99. The molecule has 0 amide bonds. The maximum Gasteiger partial charge on any atom is 0.113 e. The van der Waals surface area contributed by atoms with Crippen LogP contribution in [0.3, 0.4) is 0 Å². The summed E-state index contributed by atoms with van der Waals surface area (Å²) in [5, 5.41) is 10.7. The number of pyridine rings is 1. The summed E-state index contributed by atoms with van der Waals surface area (Å²) in [6.07, 6.45) is 10.1. The van der Waals surface area contributed by atoms with E-state index < -0.39 is 0 Å². The fraction of sp³-hybridized carbons (Fsp3) is 0.375. The van der Waals surface area contributed by atoms with Gasteiger partial charge in [0.25, 0.3) is 0 Å². The van der Waals surface area contributed by atoms with Crippen molar-refractivity contribution in [1.29, 1.82) is 0 Å². The first kappa shape index (κ1) is 14.9. The van der Waals surface area contributed by atoms with E-state index in [0.29, 0.717) is 5.76 Å². The molecule has 4 heteroatoms. The van der Waals surface area contributed by atoms with E-state index in [1.165, 1.54) is 11.1 Å². The molecular formula is C16H20N2OS. The van der Waals surface area contributed by atoms with Crippen LogP contribution in [0.2, 0.25) is 0 Å². The van der Waals surface area contributed by atoms with E-state index >= 15 is 0 Å². The topological polar surface area (TPSA) is 45.5 Å². The molecule has 1 N–H and O–H groups in total. The maximum absolute atomic E-state index is 9.55. The molecule has 1 aliphatic heterocycles. The molecule has 0 aromatic carbocycles. The number of aliphatic imine (C=N–C) groups is 1. The van der Waals surface area contributed by atoms with Gasteiger partial charge in [0.05, 0.1) is 5.04 Å². The quantitative estimate of drug-likeness (QED) is 0.895. The lowest BCUT2D eigenvalue weighted by Gasteiger charge is -2.10. The van der Waals surface area contributed by atoms with Crippen molar-refractivity contribution in [2.75, 3.05) is 0 Å². The molecule has 2 rings (SSSR count). The molecule has 0 atom stereocenters. The third kappa shape index (κ3) is 4.23. The summed E-state index contributed by atoms with van der Waals surface area (Å²) < 4.78 is 0. The second-order valence-electron chi connectivity index (χ2n) is 4.75. The van der Waals surface area contributed by atoms with Crippen molar-refractivity contribution in [2.24, 2.45) is 4.99 Å². The number of nitrogens with zero attached hydrogens (tertiary/aromatic N) is 2. The van der Waals surface area contributed by atoms with Crippen LogP contribution in [0.25, 0.3) is 0 Å². The highest BCUT2D eigenvalue weighted by Crippen LogP contribution is 2.22. The van der Waals surface area contributed by atoms with E-state index in [4.69, 9.17) is 0 Å². The molecule has 2 heterocycles. The first-order valence-corrected chi connectivity index (χ1v) is 7.87. The van der Waals surface area contributed by atoms with E-state index in [9.17, 15) is 5.11 Å². The zero-order chi connectivity index (χ0) is 14.4. The monoisotopic (exact) mass is 288 g/mol. The van der Waals surface area contributed by atoms with Crippen LogP contribution in [-0.2, 0) is 12.2 Å². The summed E-state index contributed by atoms with van der Waals surface area (Å²) in [6.45, 7) is 4.07. The normalized spacial score (nSPS) is 21.0. The van der Waals surface area contributed by atoms with Gasteiger partial charge in [-0.3, -0.25) is 9.98 Å². The van der Waals surface area contributed by atoms with Crippen LogP contribution in [0.1, 0.15) is 37.8 Å². The first-order valence-electron chi connectivity index (χ1n) is 6.88. The summed E-state index contributed by atoms with van der Waals surface area (Å²) in [4.78, 5) is 8.76. The number of thioether (sulfide) groups is 1. The molecule has 1 aromatic rings. The summed E-state index contributed by atoms with van der Waals surface area (Å²) in [7, 11) is 0. The van der Waals surface area contributed by atoms with Crippen molar-refractivity contribution in [1.82, 2.24) is 4.98 Å². The Bertz CT molecular complexity index is 561. The molecule has 3 nitrogen and oxygen atoms in total. The number of rotatable bonds is 3. The van der Waals surface area contributed by atoms with Crippen molar-refractivity contribution < 1.29 is 5.11 Å². The SMILES string of the molecule is CCc1cnccc1CSC1=N/C(C)=C\C(O)=C/CC1. The fourth-order valence-corrected chi connectivity index (χ4v) is 3.16. The standard InChI is InChI=1S/C16H20N2OS/c1-3-13-10-17-8-7-14(13)11-20-16-6-4-5-15(19)9-12(2)18-16/h5,7-10,19H,3-4,6,11H2,1-2H3/b12-9-,15-5+,18-16?. The molecule has 0 aliphatic carbocycles. The first-order chi connectivity index (χ1) is 9.69. The zero-order valence-corrected chi connectivity index (χ0v) is 12.8. The third-order valence-corrected chi connectivity index (χ3v) is 4.23. The van der Waals surface area contributed by atoms with Gasteiger partial charge < -0.3 is 5.11 Å². The minimum absolute atomic E-state index is 0.317. The van der Waals surface area contributed by atoms with Crippen molar-refractivity contribution in [2.45, 2.75) is 38.9 Å². The highest BCUT2D eigenvalue weighted by Gasteiger charge is 2.07. The third-order valence-electron chi connectivity index (χ3n) is 3.15. The minimum Gasteiger partial charge on any atom is -0.508 e. The minimum atomic E-state index is 0.317. The molecular weight excluding hydrogens is 268 g/mol. The lowest BCUT2D eigenvalue weighted by atomic mass is 10.1. The second kappa shape index (κ2) is 7.29. The molecule has 1 aromatic heterocycles. The van der Waals surface area contributed by atoms with E-state index in [0.717, 1.165) is 35.8 Å². The van der Waals surface area contributed by atoms with Crippen molar-refractivity contribution in [3.63, 3.8) is 0 Å². The van der Waals surface area contributed by atoms with Crippen LogP contribution in [0.15, 0.2) is 47.1 Å². The predicted molar refractivity (Wildman–Crippen MR) is 86.0 cm³/mol. The number of aliphatic hydroxyl groups is 1. The van der Waals surface area contributed by atoms with Crippen molar-refractivity contribution in [3.8, 4) is 0 Å². The van der Waals surface area contributed by atoms with Crippen LogP contribution in [0.4, 0.5) is 0 Å². The van der Waals surface area contributed by atoms with Gasteiger partial charge >= 0.3 is 0 Å². The number of aryl methyl sites for hydroxylation is 1. The smallest absolute Gasteiger partial charge is 0.113 e. The Labute approximate surface area is 124 Å². The number of hydrogen-bond donors (Lipinski definition) is 1. The molecule has 0 saturated carbocycles. The Hall–Kier alpha value is -1.55. The Kier molecular flexibility index (Phi) is 5.41. The summed E-state index contributed by atoms with van der Waals surface area (Å²) in [5.41, 5.74) is 3.49. The molecule has 0 radical (unpaired) electrons. The van der Waals surface area contributed by atoms with E-state index in [1.807, 2.05) is 25.4 Å². The lowest BCUT2D eigenvalue weighted by molar-refractivity contribution is 0.428. The Balaban J connectivity index is 2.05. The van der Waals surface area contributed by atoms with Gasteiger partial charge in [-0.2, -0.15) is 0 Å². The average molecular weight is 288 g/mol. The Morgan fingerprint density at radius 1 is 1.35 bits per heavy atom. The van der Waals surface area contributed by atoms with E-state index in [1.54, 1.807) is 17.8 Å². The zero-order valence-electron chi connectivity index (χ0n) is 12.0. The van der Waals surface area contributed by atoms with Gasteiger partial charge in [0.1, 0.15) is 5.76 Å². The van der Waals surface area contributed by atoms with Crippen LogP contribution < -0.4 is 0 Å². The van der Waals surface area contributed by atoms with Gasteiger partial charge in [0, 0.05) is 29.9 Å².